The molecule has 1 unspecified atom stereocenters. The molecule has 3 nitrogen and oxygen atoms in total. The maximum absolute atomic E-state index is 4.39. The third-order valence-corrected chi connectivity index (χ3v) is 5.79. The summed E-state index contributed by atoms with van der Waals surface area (Å²) in [6.45, 7) is 2.98. The topological polar surface area (TPSA) is 29.9 Å². The summed E-state index contributed by atoms with van der Waals surface area (Å²) in [5.41, 5.74) is 1.20. The number of aromatic nitrogens is 2. The van der Waals surface area contributed by atoms with Crippen LogP contribution in [0.15, 0.2) is 44.3 Å². The summed E-state index contributed by atoms with van der Waals surface area (Å²) in [6, 6.07) is 8.56. The van der Waals surface area contributed by atoms with Crippen LogP contribution in [0.4, 0.5) is 0 Å². The Hall–Kier alpha value is -0.300. The molecular weight excluding hydrogens is 402 g/mol. The first kappa shape index (κ1) is 16.1. The van der Waals surface area contributed by atoms with Gasteiger partial charge in [-0.05, 0) is 58.0 Å². The third-order valence-electron chi connectivity index (χ3n) is 3.05. The maximum atomic E-state index is 4.39. The van der Waals surface area contributed by atoms with Crippen molar-refractivity contribution in [3.8, 4) is 0 Å². The highest BCUT2D eigenvalue weighted by atomic mass is 79.9. The lowest BCUT2D eigenvalue weighted by Crippen LogP contribution is -2.22. The molecule has 1 heterocycles. The van der Waals surface area contributed by atoms with Crippen molar-refractivity contribution < 1.29 is 0 Å². The molecule has 0 aliphatic rings. The lowest BCUT2D eigenvalue weighted by atomic mass is 10.2. The molecule has 2 rings (SSSR count). The quantitative estimate of drug-likeness (QED) is 0.701. The van der Waals surface area contributed by atoms with Crippen molar-refractivity contribution in [2.24, 2.45) is 0 Å². The largest absolute Gasteiger partial charge is 0.311 e. The van der Waals surface area contributed by atoms with E-state index in [9.17, 15) is 0 Å². The zero-order valence-corrected chi connectivity index (χ0v) is 15.4. The summed E-state index contributed by atoms with van der Waals surface area (Å²) in [5, 5.41) is 7.77. The van der Waals surface area contributed by atoms with Gasteiger partial charge in [-0.3, -0.25) is 4.68 Å². The minimum atomic E-state index is 0.254. The fourth-order valence-electron chi connectivity index (χ4n) is 2.00. The fourth-order valence-corrected chi connectivity index (χ4v) is 4.26. The van der Waals surface area contributed by atoms with Crippen LogP contribution in [0.25, 0.3) is 0 Å². The van der Waals surface area contributed by atoms with Gasteiger partial charge in [0, 0.05) is 21.7 Å². The minimum Gasteiger partial charge on any atom is -0.311 e. The number of thioether (sulfide) groups is 1. The predicted octanol–water partition coefficient (Wildman–Crippen LogP) is 4.48. The molecule has 1 N–H and O–H groups in total. The Bertz CT molecular complexity index is 571. The van der Waals surface area contributed by atoms with Crippen LogP contribution < -0.4 is 5.32 Å². The Morgan fingerprint density at radius 1 is 1.30 bits per heavy atom. The number of nitrogens with one attached hydrogen (secondary N) is 1. The van der Waals surface area contributed by atoms with E-state index in [-0.39, 0.29) is 6.04 Å². The van der Waals surface area contributed by atoms with Crippen LogP contribution >= 0.6 is 43.6 Å². The summed E-state index contributed by atoms with van der Waals surface area (Å²) >= 11 is 9.02. The lowest BCUT2D eigenvalue weighted by molar-refractivity contribution is 0.547. The standard InChI is InChI=1S/C14H17Br2N3S/c1-3-19-14(11(16)8-18-19)12(17-2)9-20-13-7-5-4-6-10(13)15/h4-8,12,17H,3,9H2,1-2H3. The van der Waals surface area contributed by atoms with Crippen LogP contribution in [-0.4, -0.2) is 22.6 Å². The zero-order chi connectivity index (χ0) is 14.5. The molecule has 0 amide bonds. The summed E-state index contributed by atoms with van der Waals surface area (Å²) in [6.07, 6.45) is 1.87. The van der Waals surface area contributed by atoms with Crippen LogP contribution in [0.3, 0.4) is 0 Å². The van der Waals surface area contributed by atoms with Gasteiger partial charge in [-0.25, -0.2) is 0 Å². The first-order chi connectivity index (χ1) is 9.67. The Morgan fingerprint density at radius 3 is 2.70 bits per heavy atom. The first-order valence-corrected chi connectivity index (χ1v) is 9.00. The van der Waals surface area contributed by atoms with E-state index in [0.29, 0.717) is 0 Å². The van der Waals surface area contributed by atoms with Crippen molar-refractivity contribution >= 4 is 43.6 Å². The molecule has 108 valence electrons. The monoisotopic (exact) mass is 417 g/mol. The van der Waals surface area contributed by atoms with Gasteiger partial charge in [0.15, 0.2) is 0 Å². The Morgan fingerprint density at radius 2 is 2.05 bits per heavy atom. The molecule has 6 heteroatoms. The van der Waals surface area contributed by atoms with Crippen molar-refractivity contribution in [2.45, 2.75) is 24.4 Å². The number of hydrogen-bond donors (Lipinski definition) is 1. The highest BCUT2D eigenvalue weighted by Crippen LogP contribution is 2.32. The Labute approximate surface area is 140 Å². The number of rotatable bonds is 6. The number of halogens is 2. The van der Waals surface area contributed by atoms with Gasteiger partial charge in [-0.1, -0.05) is 12.1 Å². The van der Waals surface area contributed by atoms with Gasteiger partial charge in [-0.2, -0.15) is 5.10 Å². The van der Waals surface area contributed by atoms with Crippen molar-refractivity contribution in [3.63, 3.8) is 0 Å². The van der Waals surface area contributed by atoms with E-state index in [1.54, 1.807) is 0 Å². The summed E-state index contributed by atoms with van der Waals surface area (Å²) < 4.78 is 4.24. The minimum absolute atomic E-state index is 0.254. The zero-order valence-electron chi connectivity index (χ0n) is 11.4. The molecule has 0 saturated heterocycles. The van der Waals surface area contributed by atoms with E-state index < -0.39 is 0 Å². The molecule has 2 aromatic rings. The molecule has 1 aromatic carbocycles. The molecule has 1 aromatic heterocycles. The van der Waals surface area contributed by atoms with Gasteiger partial charge in [0.25, 0.3) is 0 Å². The summed E-state index contributed by atoms with van der Waals surface area (Å²) in [4.78, 5) is 1.26. The molecule has 0 saturated carbocycles. The number of hydrogen-bond acceptors (Lipinski definition) is 3. The van der Waals surface area contributed by atoms with Crippen LogP contribution in [0.5, 0.6) is 0 Å². The van der Waals surface area contributed by atoms with Crippen LogP contribution in [0, 0.1) is 0 Å². The maximum Gasteiger partial charge on any atom is 0.0704 e. The van der Waals surface area contributed by atoms with Gasteiger partial charge in [0.05, 0.1) is 22.4 Å². The molecule has 20 heavy (non-hydrogen) atoms. The molecule has 0 radical (unpaired) electrons. The van der Waals surface area contributed by atoms with Gasteiger partial charge >= 0.3 is 0 Å². The second kappa shape index (κ2) is 7.64. The summed E-state index contributed by atoms with van der Waals surface area (Å²) in [5.74, 6) is 0.948. The molecule has 1 atom stereocenters. The predicted molar refractivity (Wildman–Crippen MR) is 92.3 cm³/mol. The van der Waals surface area contributed by atoms with E-state index in [2.05, 4.69) is 67.4 Å². The second-order valence-corrected chi connectivity index (χ2v) is 7.05. The number of nitrogens with zero attached hydrogens (tertiary/aromatic N) is 2. The average Bonchev–Trinajstić information content (AvgIpc) is 2.83. The molecule has 0 aliphatic carbocycles. The van der Waals surface area contributed by atoms with Crippen molar-refractivity contribution in [2.75, 3.05) is 12.8 Å². The van der Waals surface area contributed by atoms with Crippen LogP contribution in [0.1, 0.15) is 18.7 Å². The normalized spacial score (nSPS) is 12.6. The number of aryl methyl sites for hydroxylation is 1. The van der Waals surface area contributed by atoms with E-state index in [0.717, 1.165) is 21.2 Å². The second-order valence-electron chi connectivity index (χ2n) is 4.28. The van der Waals surface area contributed by atoms with Gasteiger partial charge in [-0.15, -0.1) is 11.8 Å². The van der Waals surface area contributed by atoms with Crippen LogP contribution in [0.2, 0.25) is 0 Å². The lowest BCUT2D eigenvalue weighted by Gasteiger charge is -2.18. The molecule has 0 aliphatic heterocycles. The summed E-state index contributed by atoms with van der Waals surface area (Å²) in [7, 11) is 1.99. The van der Waals surface area contributed by atoms with Gasteiger partial charge in [0.2, 0.25) is 0 Å². The number of benzene rings is 1. The highest BCUT2D eigenvalue weighted by molar-refractivity contribution is 9.10. The molecule has 0 spiro atoms. The molecule has 0 bridgehead atoms. The van der Waals surface area contributed by atoms with E-state index in [4.69, 9.17) is 0 Å². The SMILES string of the molecule is CCn1ncc(Br)c1C(CSc1ccccc1Br)NC. The average molecular weight is 419 g/mol. The van der Waals surface area contributed by atoms with Crippen molar-refractivity contribution in [1.82, 2.24) is 15.1 Å². The fraction of sp³-hybridized carbons (Fsp3) is 0.357. The molecule has 0 fully saturated rings. The first-order valence-electron chi connectivity index (χ1n) is 6.43. The smallest absolute Gasteiger partial charge is 0.0704 e. The molecular formula is C14H17Br2N3S. The van der Waals surface area contributed by atoms with E-state index in [1.807, 2.05) is 35.8 Å². The van der Waals surface area contributed by atoms with E-state index >= 15 is 0 Å². The third kappa shape index (κ3) is 3.67. The van der Waals surface area contributed by atoms with Crippen LogP contribution in [-0.2, 0) is 6.54 Å². The van der Waals surface area contributed by atoms with Crippen molar-refractivity contribution in [1.29, 1.82) is 0 Å². The van der Waals surface area contributed by atoms with E-state index in [1.165, 1.54) is 10.6 Å². The Kier molecular flexibility index (Phi) is 6.14. The van der Waals surface area contributed by atoms with Gasteiger partial charge in [0.1, 0.15) is 0 Å². The Balaban J connectivity index is 2.13. The highest BCUT2D eigenvalue weighted by Gasteiger charge is 2.18. The van der Waals surface area contributed by atoms with Crippen molar-refractivity contribution in [3.05, 3.63) is 45.1 Å². The van der Waals surface area contributed by atoms with Gasteiger partial charge < -0.3 is 5.32 Å².